The van der Waals surface area contributed by atoms with Crippen molar-refractivity contribution in [2.24, 2.45) is 14.1 Å². The maximum atomic E-state index is 13.5. The lowest BCUT2D eigenvalue weighted by atomic mass is 9.73. The van der Waals surface area contributed by atoms with E-state index in [-0.39, 0.29) is 18.1 Å². The number of para-hydroxylation sites is 1. The van der Waals surface area contributed by atoms with E-state index in [2.05, 4.69) is 15.5 Å². The van der Waals surface area contributed by atoms with Gasteiger partial charge >= 0.3 is 0 Å². The Labute approximate surface area is 176 Å². The van der Waals surface area contributed by atoms with Crippen LogP contribution in [0.2, 0.25) is 0 Å². The molecule has 2 unspecified atom stereocenters. The minimum atomic E-state index is -2.78. The number of anilines is 1. The maximum absolute atomic E-state index is 13.5. The quantitative estimate of drug-likeness (QED) is 0.698. The zero-order valence-corrected chi connectivity index (χ0v) is 16.9. The molecule has 2 atom stereocenters. The highest BCUT2D eigenvalue weighted by atomic mass is 19.3. The molecule has 3 aromatic rings. The van der Waals surface area contributed by atoms with E-state index >= 15 is 0 Å². The smallest absolute Gasteiger partial charge is 0.282 e. The topological polar surface area (TPSA) is 85.0 Å². The number of amides is 2. The number of likely N-dealkylation sites (tertiary alicyclic amines) is 1. The Morgan fingerprint density at radius 1 is 1.29 bits per heavy atom. The van der Waals surface area contributed by atoms with E-state index in [0.29, 0.717) is 12.0 Å². The molecular formula is C21H20F2N6O2. The number of benzene rings is 1. The van der Waals surface area contributed by atoms with Crippen molar-refractivity contribution < 1.29 is 18.4 Å². The number of hydrogen-bond donors (Lipinski definition) is 1. The minimum Gasteiger partial charge on any atom is -0.329 e. The molecule has 2 amide bonds. The molecular weight excluding hydrogens is 406 g/mol. The van der Waals surface area contributed by atoms with Gasteiger partial charge < -0.3 is 10.2 Å². The number of carbonyl (C=O) groups is 2. The molecule has 1 spiro atoms. The Morgan fingerprint density at radius 3 is 2.74 bits per heavy atom. The van der Waals surface area contributed by atoms with Gasteiger partial charge in [-0.15, -0.1) is 0 Å². The molecule has 1 aromatic carbocycles. The van der Waals surface area contributed by atoms with E-state index < -0.39 is 29.5 Å². The van der Waals surface area contributed by atoms with Crippen LogP contribution in [0.15, 0.2) is 42.7 Å². The lowest BCUT2D eigenvalue weighted by Gasteiger charge is -2.33. The van der Waals surface area contributed by atoms with Crippen LogP contribution in [-0.4, -0.2) is 42.8 Å². The summed E-state index contributed by atoms with van der Waals surface area (Å²) in [6.07, 6.45) is 1.04. The highest BCUT2D eigenvalue weighted by Crippen LogP contribution is 2.54. The fourth-order valence-corrected chi connectivity index (χ4v) is 4.89. The Kier molecular flexibility index (Phi) is 4.21. The molecule has 1 N–H and O–H groups in total. The molecule has 10 heteroatoms. The predicted octanol–water partition coefficient (Wildman–Crippen LogP) is 2.57. The van der Waals surface area contributed by atoms with Gasteiger partial charge in [0.2, 0.25) is 5.91 Å². The number of aryl methyl sites for hydroxylation is 2. The van der Waals surface area contributed by atoms with Crippen molar-refractivity contribution in [3.05, 3.63) is 65.2 Å². The zero-order chi connectivity index (χ0) is 21.9. The first kappa shape index (κ1) is 19.4. The number of nitrogens with zero attached hydrogens (tertiary/aromatic N) is 5. The van der Waals surface area contributed by atoms with Crippen LogP contribution in [0.1, 0.15) is 46.2 Å². The molecule has 0 radical (unpaired) electrons. The molecule has 31 heavy (non-hydrogen) atoms. The average molecular weight is 426 g/mol. The van der Waals surface area contributed by atoms with Crippen molar-refractivity contribution in [3.8, 4) is 0 Å². The Bertz CT molecular complexity index is 1200. The molecule has 5 rings (SSSR count). The van der Waals surface area contributed by atoms with Crippen molar-refractivity contribution in [3.63, 3.8) is 0 Å². The van der Waals surface area contributed by atoms with Gasteiger partial charge in [-0.1, -0.05) is 18.2 Å². The number of nitrogens with one attached hydrogen (secondary N) is 1. The summed E-state index contributed by atoms with van der Waals surface area (Å²) >= 11 is 0. The molecule has 160 valence electrons. The number of alkyl halides is 2. The number of carbonyl (C=O) groups excluding carboxylic acids is 2. The van der Waals surface area contributed by atoms with Gasteiger partial charge in [0.15, 0.2) is 0 Å². The number of fused-ring (bicyclic) bond motifs is 2. The van der Waals surface area contributed by atoms with Gasteiger partial charge in [-0.05, 0) is 24.1 Å². The summed E-state index contributed by atoms with van der Waals surface area (Å²) in [6, 6.07) is 7.91. The first-order valence-corrected chi connectivity index (χ1v) is 9.85. The van der Waals surface area contributed by atoms with Gasteiger partial charge in [0.1, 0.15) is 16.8 Å². The summed E-state index contributed by atoms with van der Waals surface area (Å²) in [6.45, 7) is 0.287. The SMILES string of the molecule is Cn1cc(C2N(C(=O)c3cc(C(F)F)nn3C)CCC23C(=O)Nc2ccccc23)cn1. The van der Waals surface area contributed by atoms with Crippen molar-refractivity contribution in [2.75, 3.05) is 11.9 Å². The van der Waals surface area contributed by atoms with Crippen molar-refractivity contribution in [2.45, 2.75) is 24.3 Å². The van der Waals surface area contributed by atoms with E-state index in [1.807, 2.05) is 24.3 Å². The van der Waals surface area contributed by atoms with Crippen molar-refractivity contribution in [1.82, 2.24) is 24.5 Å². The highest BCUT2D eigenvalue weighted by molar-refractivity contribution is 6.08. The fraction of sp³-hybridized carbons (Fsp3) is 0.333. The highest BCUT2D eigenvalue weighted by Gasteiger charge is 2.59. The zero-order valence-electron chi connectivity index (χ0n) is 16.9. The Morgan fingerprint density at radius 2 is 2.06 bits per heavy atom. The van der Waals surface area contributed by atoms with Gasteiger partial charge in [0, 0.05) is 38.1 Å². The lowest BCUT2D eigenvalue weighted by molar-refractivity contribution is -0.121. The van der Waals surface area contributed by atoms with Crippen LogP contribution in [0.3, 0.4) is 0 Å². The first-order chi connectivity index (χ1) is 14.8. The van der Waals surface area contributed by atoms with Crippen LogP contribution in [0, 0.1) is 0 Å². The van der Waals surface area contributed by atoms with Gasteiger partial charge in [0.25, 0.3) is 12.3 Å². The number of halogens is 2. The van der Waals surface area contributed by atoms with Crippen LogP contribution >= 0.6 is 0 Å². The number of hydrogen-bond acceptors (Lipinski definition) is 4. The second kappa shape index (κ2) is 6.73. The molecule has 2 aromatic heterocycles. The van der Waals surface area contributed by atoms with Crippen molar-refractivity contribution in [1.29, 1.82) is 0 Å². The second-order valence-corrected chi connectivity index (χ2v) is 7.95. The molecule has 0 bridgehead atoms. The van der Waals surface area contributed by atoms with E-state index in [9.17, 15) is 18.4 Å². The third-order valence-corrected chi connectivity index (χ3v) is 6.23. The molecule has 2 aliphatic rings. The number of aromatic nitrogens is 4. The third kappa shape index (κ3) is 2.70. The molecule has 0 saturated carbocycles. The summed E-state index contributed by atoms with van der Waals surface area (Å²) < 4.78 is 29.1. The molecule has 8 nitrogen and oxygen atoms in total. The first-order valence-electron chi connectivity index (χ1n) is 9.85. The molecule has 1 saturated heterocycles. The number of rotatable bonds is 3. The summed E-state index contributed by atoms with van der Waals surface area (Å²) in [7, 11) is 3.22. The largest absolute Gasteiger partial charge is 0.329 e. The summed E-state index contributed by atoms with van der Waals surface area (Å²) in [5.74, 6) is -0.638. The van der Waals surface area contributed by atoms with Gasteiger partial charge in [-0.25, -0.2) is 8.78 Å². The second-order valence-electron chi connectivity index (χ2n) is 7.95. The molecule has 0 aliphatic carbocycles. The van der Waals surface area contributed by atoms with Crippen molar-refractivity contribution >= 4 is 17.5 Å². The van der Waals surface area contributed by atoms with Crippen LogP contribution < -0.4 is 5.32 Å². The summed E-state index contributed by atoms with van der Waals surface area (Å²) in [5.41, 5.74) is 0.851. The van der Waals surface area contributed by atoms with Crippen LogP contribution in [-0.2, 0) is 24.3 Å². The Balaban J connectivity index is 1.64. The standard InChI is InChI=1S/C21H20F2N6O2/c1-27-11-12(10-24-27)17-21(13-5-3-4-6-14(13)25-20(21)31)7-8-29(17)19(30)16-9-15(18(22)23)26-28(16)2/h3-6,9-11,17-18H,7-8H2,1-2H3,(H,25,31). The predicted molar refractivity (Wildman–Crippen MR) is 107 cm³/mol. The molecule has 4 heterocycles. The monoisotopic (exact) mass is 426 g/mol. The third-order valence-electron chi connectivity index (χ3n) is 6.23. The molecule has 2 aliphatic heterocycles. The van der Waals surface area contributed by atoms with Crippen LogP contribution in [0.4, 0.5) is 14.5 Å². The van der Waals surface area contributed by atoms with Gasteiger partial charge in [-0.3, -0.25) is 19.0 Å². The molecule has 1 fully saturated rings. The van der Waals surface area contributed by atoms with E-state index in [0.717, 1.165) is 22.0 Å². The van der Waals surface area contributed by atoms with Gasteiger partial charge in [-0.2, -0.15) is 10.2 Å². The lowest BCUT2D eigenvalue weighted by Crippen LogP contribution is -2.42. The minimum absolute atomic E-state index is 0.0490. The van der Waals surface area contributed by atoms with Gasteiger partial charge in [0.05, 0.1) is 12.2 Å². The van der Waals surface area contributed by atoms with Crippen LogP contribution in [0.25, 0.3) is 0 Å². The van der Waals surface area contributed by atoms with E-state index in [1.54, 1.807) is 29.0 Å². The van der Waals surface area contributed by atoms with Crippen LogP contribution in [0.5, 0.6) is 0 Å². The summed E-state index contributed by atoms with van der Waals surface area (Å²) in [4.78, 5) is 28.4. The average Bonchev–Trinajstić information content (AvgIpc) is 3.48. The Hall–Kier alpha value is -3.56. The van der Waals surface area contributed by atoms with E-state index in [4.69, 9.17) is 0 Å². The maximum Gasteiger partial charge on any atom is 0.282 e. The summed E-state index contributed by atoms with van der Waals surface area (Å²) in [5, 5.41) is 11.0. The van der Waals surface area contributed by atoms with E-state index in [1.165, 1.54) is 7.05 Å². The fourth-order valence-electron chi connectivity index (χ4n) is 4.89. The normalized spacial score (nSPS) is 22.4.